The lowest BCUT2D eigenvalue weighted by Gasteiger charge is -2.08. The summed E-state index contributed by atoms with van der Waals surface area (Å²) < 4.78 is 17.4. The van der Waals surface area contributed by atoms with Crippen molar-refractivity contribution in [2.75, 3.05) is 51.5 Å². The number of unbranched alkanes of at least 4 members (excludes halogenated alkanes) is 1. The van der Waals surface area contributed by atoms with Crippen molar-refractivity contribution in [3.63, 3.8) is 0 Å². The van der Waals surface area contributed by atoms with Crippen LogP contribution in [0.15, 0.2) is 28.7 Å². The van der Waals surface area contributed by atoms with Gasteiger partial charge in [0.05, 0.1) is 33.0 Å². The number of hydrogen-bond donors (Lipinski definition) is 1. The Labute approximate surface area is 136 Å². The minimum Gasteiger partial charge on any atom is -0.383 e. The molecule has 0 fully saturated rings. The zero-order valence-electron chi connectivity index (χ0n) is 12.8. The van der Waals surface area contributed by atoms with Gasteiger partial charge in [0.1, 0.15) is 0 Å². The molecule has 0 amide bonds. The highest BCUT2D eigenvalue weighted by Crippen LogP contribution is 2.15. The van der Waals surface area contributed by atoms with Crippen LogP contribution in [-0.4, -0.2) is 46.2 Å². The van der Waals surface area contributed by atoms with Crippen molar-refractivity contribution in [2.45, 2.75) is 19.8 Å². The molecule has 0 saturated heterocycles. The Kier molecular flexibility index (Phi) is 11.5. The molecular weight excluding hydrogens is 334 g/mol. The lowest BCUT2D eigenvalue weighted by atomic mass is 10.3. The van der Waals surface area contributed by atoms with Crippen molar-refractivity contribution in [2.24, 2.45) is 0 Å². The fourth-order valence-electron chi connectivity index (χ4n) is 1.65. The maximum atomic E-state index is 5.49. The Morgan fingerprint density at radius 2 is 1.62 bits per heavy atom. The van der Waals surface area contributed by atoms with Crippen molar-refractivity contribution >= 4 is 21.6 Å². The second-order valence-electron chi connectivity index (χ2n) is 4.63. The zero-order valence-corrected chi connectivity index (χ0v) is 14.4. The number of rotatable bonds is 13. The van der Waals surface area contributed by atoms with E-state index in [2.05, 4.69) is 28.2 Å². The van der Waals surface area contributed by atoms with E-state index < -0.39 is 0 Å². The smallest absolute Gasteiger partial charge is 0.0701 e. The van der Waals surface area contributed by atoms with Gasteiger partial charge in [-0.3, -0.25) is 0 Å². The van der Waals surface area contributed by atoms with Gasteiger partial charge in [-0.1, -0.05) is 35.3 Å². The summed E-state index contributed by atoms with van der Waals surface area (Å²) in [5.41, 5.74) is 1.09. The number of nitrogens with one attached hydrogen (secondary N) is 1. The minimum absolute atomic E-state index is 0.619. The van der Waals surface area contributed by atoms with Gasteiger partial charge in [0.15, 0.2) is 0 Å². The van der Waals surface area contributed by atoms with E-state index in [9.17, 15) is 0 Å². The number of anilines is 1. The van der Waals surface area contributed by atoms with Crippen LogP contribution in [0.1, 0.15) is 19.8 Å². The highest BCUT2D eigenvalue weighted by atomic mass is 79.9. The fourth-order valence-corrected chi connectivity index (χ4v) is 2.05. The van der Waals surface area contributed by atoms with E-state index in [-0.39, 0.29) is 0 Å². The van der Waals surface area contributed by atoms with Crippen LogP contribution in [0.2, 0.25) is 0 Å². The first kappa shape index (κ1) is 18.4. The molecule has 1 aromatic carbocycles. The maximum absolute atomic E-state index is 5.49. The van der Waals surface area contributed by atoms with E-state index in [1.807, 2.05) is 24.3 Å². The molecule has 0 aliphatic heterocycles. The average Bonchev–Trinajstić information content (AvgIpc) is 2.48. The van der Waals surface area contributed by atoms with Crippen molar-refractivity contribution in [3.05, 3.63) is 28.7 Å². The molecule has 1 rings (SSSR count). The summed E-state index contributed by atoms with van der Waals surface area (Å²) in [6.07, 6.45) is 2.29. The van der Waals surface area contributed by atoms with Gasteiger partial charge < -0.3 is 19.5 Å². The van der Waals surface area contributed by atoms with E-state index in [1.54, 1.807) is 0 Å². The first-order chi connectivity index (χ1) is 10.3. The fraction of sp³-hybridized carbons (Fsp3) is 0.625. The molecule has 5 heteroatoms. The van der Waals surface area contributed by atoms with Crippen molar-refractivity contribution in [1.29, 1.82) is 0 Å². The van der Waals surface area contributed by atoms with E-state index in [0.29, 0.717) is 33.0 Å². The van der Waals surface area contributed by atoms with Gasteiger partial charge in [0.25, 0.3) is 0 Å². The summed E-state index contributed by atoms with van der Waals surface area (Å²) in [4.78, 5) is 0. The Balaban J connectivity index is 1.82. The Morgan fingerprint density at radius 3 is 2.29 bits per heavy atom. The molecule has 0 atom stereocenters. The number of benzene rings is 1. The third-order valence-corrected chi connectivity index (χ3v) is 3.28. The Morgan fingerprint density at radius 1 is 0.952 bits per heavy atom. The molecule has 0 aliphatic rings. The van der Waals surface area contributed by atoms with Crippen LogP contribution >= 0.6 is 15.9 Å². The second-order valence-corrected chi connectivity index (χ2v) is 5.54. The van der Waals surface area contributed by atoms with Gasteiger partial charge in [-0.05, 0) is 24.6 Å². The summed E-state index contributed by atoms with van der Waals surface area (Å²) in [5, 5.41) is 3.30. The molecule has 0 saturated carbocycles. The highest BCUT2D eigenvalue weighted by Gasteiger charge is 1.94. The molecule has 0 unspecified atom stereocenters. The van der Waals surface area contributed by atoms with Gasteiger partial charge in [-0.2, -0.15) is 0 Å². The van der Waals surface area contributed by atoms with Crippen LogP contribution in [-0.2, 0) is 14.2 Å². The van der Waals surface area contributed by atoms with Crippen LogP contribution in [0.25, 0.3) is 0 Å². The SMILES string of the molecule is CCCCOCCOCCOCCNc1cccc(Br)c1. The average molecular weight is 360 g/mol. The van der Waals surface area contributed by atoms with Crippen molar-refractivity contribution < 1.29 is 14.2 Å². The maximum Gasteiger partial charge on any atom is 0.0701 e. The van der Waals surface area contributed by atoms with Gasteiger partial charge in [-0.15, -0.1) is 0 Å². The topological polar surface area (TPSA) is 39.7 Å². The molecule has 1 aromatic rings. The number of halogens is 1. The molecule has 4 nitrogen and oxygen atoms in total. The predicted molar refractivity (Wildman–Crippen MR) is 90.0 cm³/mol. The summed E-state index contributed by atoms with van der Waals surface area (Å²) in [6.45, 7) is 7.00. The van der Waals surface area contributed by atoms with Gasteiger partial charge >= 0.3 is 0 Å². The van der Waals surface area contributed by atoms with Gasteiger partial charge in [-0.25, -0.2) is 0 Å². The molecule has 0 aromatic heterocycles. The largest absolute Gasteiger partial charge is 0.383 e. The van der Waals surface area contributed by atoms with E-state index in [0.717, 1.165) is 29.7 Å². The first-order valence-electron chi connectivity index (χ1n) is 7.55. The lowest BCUT2D eigenvalue weighted by Crippen LogP contribution is -2.14. The Bertz CT molecular complexity index is 363. The Hall–Kier alpha value is -0.620. The summed E-state index contributed by atoms with van der Waals surface area (Å²) in [6, 6.07) is 8.09. The van der Waals surface area contributed by atoms with E-state index in [4.69, 9.17) is 14.2 Å². The normalized spacial score (nSPS) is 10.8. The molecular formula is C16H26BrNO3. The van der Waals surface area contributed by atoms with E-state index >= 15 is 0 Å². The predicted octanol–water partition coefficient (Wildman–Crippen LogP) is 3.71. The molecule has 0 aliphatic carbocycles. The van der Waals surface area contributed by atoms with Crippen LogP contribution in [0.4, 0.5) is 5.69 Å². The third kappa shape index (κ3) is 10.7. The van der Waals surface area contributed by atoms with Crippen LogP contribution in [0, 0.1) is 0 Å². The first-order valence-corrected chi connectivity index (χ1v) is 8.35. The third-order valence-electron chi connectivity index (χ3n) is 2.79. The standard InChI is InChI=1S/C16H26BrNO3/c1-2-3-8-19-10-12-21-13-11-20-9-7-18-16-6-4-5-15(17)14-16/h4-6,14,18H,2-3,7-13H2,1H3. The zero-order chi connectivity index (χ0) is 15.2. The van der Waals surface area contributed by atoms with Gasteiger partial charge in [0, 0.05) is 23.3 Å². The summed E-state index contributed by atoms with van der Waals surface area (Å²) in [5.74, 6) is 0. The second kappa shape index (κ2) is 13.1. The lowest BCUT2D eigenvalue weighted by molar-refractivity contribution is 0.0159. The summed E-state index contributed by atoms with van der Waals surface area (Å²) in [7, 11) is 0. The van der Waals surface area contributed by atoms with Crippen molar-refractivity contribution in [1.82, 2.24) is 0 Å². The molecule has 120 valence electrons. The molecule has 0 radical (unpaired) electrons. The quantitative estimate of drug-likeness (QED) is 0.545. The minimum atomic E-state index is 0.619. The van der Waals surface area contributed by atoms with Gasteiger partial charge in [0.2, 0.25) is 0 Å². The van der Waals surface area contributed by atoms with Crippen LogP contribution in [0.3, 0.4) is 0 Å². The number of ether oxygens (including phenoxy) is 3. The monoisotopic (exact) mass is 359 g/mol. The number of hydrogen-bond acceptors (Lipinski definition) is 4. The molecule has 0 heterocycles. The molecule has 1 N–H and O–H groups in total. The molecule has 0 spiro atoms. The molecule has 0 bridgehead atoms. The highest BCUT2D eigenvalue weighted by molar-refractivity contribution is 9.10. The van der Waals surface area contributed by atoms with Crippen LogP contribution < -0.4 is 5.32 Å². The molecule has 21 heavy (non-hydrogen) atoms. The van der Waals surface area contributed by atoms with Crippen LogP contribution in [0.5, 0.6) is 0 Å². The van der Waals surface area contributed by atoms with Crippen molar-refractivity contribution in [3.8, 4) is 0 Å². The van der Waals surface area contributed by atoms with E-state index in [1.165, 1.54) is 6.42 Å². The summed E-state index contributed by atoms with van der Waals surface area (Å²) >= 11 is 3.44.